The summed E-state index contributed by atoms with van der Waals surface area (Å²) in [4.78, 5) is 141. The molecule has 8 amide bonds. The average molecular weight is 1360 g/mol. The number of imide groups is 1. The van der Waals surface area contributed by atoms with Crippen LogP contribution in [0.25, 0.3) is 0 Å². The lowest BCUT2D eigenvalue weighted by atomic mass is 9.92. The summed E-state index contributed by atoms with van der Waals surface area (Å²) in [7, 11) is 3.61. The Balaban J connectivity index is 1.20. The molecule has 4 heterocycles. The van der Waals surface area contributed by atoms with Gasteiger partial charge in [-0.2, -0.15) is 0 Å². The first-order valence-corrected chi connectivity index (χ1v) is 33.5. The summed E-state index contributed by atoms with van der Waals surface area (Å²) in [6.45, 7) is 16.3. The lowest BCUT2D eigenvalue weighted by molar-refractivity contribution is -0.942. The van der Waals surface area contributed by atoms with Crippen LogP contribution in [0.4, 0.5) is 10.5 Å². The Kier molecular flexibility index (Phi) is 28.0. The maximum absolute atomic E-state index is 15.1. The maximum Gasteiger partial charge on any atom is 0.407 e. The lowest BCUT2D eigenvalue weighted by Crippen LogP contribution is -2.63. The predicted molar refractivity (Wildman–Crippen MR) is 350 cm³/mol. The number of benzene rings is 2. The van der Waals surface area contributed by atoms with Crippen LogP contribution in [-0.4, -0.2) is 211 Å². The van der Waals surface area contributed by atoms with Crippen molar-refractivity contribution >= 4 is 76.4 Å². The van der Waals surface area contributed by atoms with Gasteiger partial charge in [-0.05, 0) is 88.5 Å². The van der Waals surface area contributed by atoms with E-state index in [9.17, 15) is 63.9 Å². The number of aliphatic hydroxyl groups is 3. The molecule has 0 radical (unpaired) electrons. The fraction of sp³-hybridized carbons (Fsp3) is 0.597. The van der Waals surface area contributed by atoms with Gasteiger partial charge < -0.3 is 80.4 Å². The van der Waals surface area contributed by atoms with Gasteiger partial charge in [-0.1, -0.05) is 78.3 Å². The number of carbonyl (C=O) groups excluding carboxylic acids is 8. The lowest BCUT2D eigenvalue weighted by Gasteiger charge is -2.44. The number of hydrogen-bond acceptors (Lipinski definition) is 19. The summed E-state index contributed by atoms with van der Waals surface area (Å²) in [6.07, 6.45) is -6.09. The first-order chi connectivity index (χ1) is 45.2. The number of aromatic nitrogens is 1. The molecule has 10 N–H and O–H groups in total. The zero-order valence-electron chi connectivity index (χ0n) is 56.5. The molecule has 29 heteroatoms. The second kappa shape index (κ2) is 34.8. The Morgan fingerprint density at radius 1 is 0.875 bits per heavy atom. The number of nitrogens with one attached hydrogen (secondary N) is 5. The van der Waals surface area contributed by atoms with Crippen molar-refractivity contribution in [2.24, 2.45) is 17.8 Å². The third kappa shape index (κ3) is 21.0. The second-order valence-corrected chi connectivity index (χ2v) is 27.4. The number of hydrogen-bond donors (Lipinski definition) is 10. The van der Waals surface area contributed by atoms with Gasteiger partial charge in [0.15, 0.2) is 12.1 Å². The molecule has 6 rings (SSSR count). The van der Waals surface area contributed by atoms with E-state index in [4.69, 9.17) is 23.9 Å². The highest BCUT2D eigenvalue weighted by atomic mass is 32.1. The Morgan fingerprint density at radius 2 is 1.56 bits per heavy atom. The minimum atomic E-state index is -2.04. The number of aliphatic carboxylic acids is 2. The molecule has 2 saturated heterocycles. The number of alkyl carbamates (subject to hydrolysis) is 1. The van der Waals surface area contributed by atoms with Crippen LogP contribution < -0.4 is 31.3 Å². The van der Waals surface area contributed by atoms with Crippen LogP contribution in [0, 0.1) is 17.8 Å². The van der Waals surface area contributed by atoms with Crippen LogP contribution in [0.15, 0.2) is 66.1 Å². The molecule has 2 aromatic carbocycles. The summed E-state index contributed by atoms with van der Waals surface area (Å²) in [6, 6.07) is 9.86. The smallest absolute Gasteiger partial charge is 0.407 e. The van der Waals surface area contributed by atoms with Crippen molar-refractivity contribution < 1.29 is 96.9 Å². The number of carbonyl (C=O) groups is 10. The van der Waals surface area contributed by atoms with Crippen LogP contribution in [0.2, 0.25) is 0 Å². The van der Waals surface area contributed by atoms with Crippen LogP contribution >= 0.6 is 11.3 Å². The quantitative estimate of drug-likeness (QED) is 0.0302. The van der Waals surface area contributed by atoms with Crippen molar-refractivity contribution in [3.63, 3.8) is 0 Å². The Labute approximate surface area is 563 Å². The van der Waals surface area contributed by atoms with Gasteiger partial charge in [0.2, 0.25) is 24.0 Å². The van der Waals surface area contributed by atoms with Gasteiger partial charge in [-0.3, -0.25) is 43.3 Å². The highest BCUT2D eigenvalue weighted by Crippen LogP contribution is 2.36. The minimum Gasteiger partial charge on any atom is -0.481 e. The van der Waals surface area contributed by atoms with E-state index >= 15 is 9.59 Å². The van der Waals surface area contributed by atoms with E-state index in [1.807, 2.05) is 72.0 Å². The van der Waals surface area contributed by atoms with Crippen LogP contribution in [0.3, 0.4) is 0 Å². The number of amides is 8. The fourth-order valence-electron chi connectivity index (χ4n) is 11.9. The number of nitrogens with zero attached hydrogens (tertiary/aromatic N) is 4. The summed E-state index contributed by atoms with van der Waals surface area (Å²) in [5.74, 6) is -8.42. The van der Waals surface area contributed by atoms with E-state index in [1.165, 1.54) is 23.5 Å². The van der Waals surface area contributed by atoms with Gasteiger partial charge in [-0.15, -0.1) is 11.3 Å². The Bertz CT molecular complexity index is 3230. The van der Waals surface area contributed by atoms with E-state index in [-0.39, 0.29) is 64.8 Å². The highest BCUT2D eigenvalue weighted by molar-refractivity contribution is 7.09. The molecule has 3 aliphatic rings. The van der Waals surface area contributed by atoms with Gasteiger partial charge in [0.1, 0.15) is 65.1 Å². The van der Waals surface area contributed by atoms with E-state index in [0.29, 0.717) is 67.1 Å². The van der Waals surface area contributed by atoms with Crippen molar-refractivity contribution in [3.8, 4) is 5.75 Å². The number of thiazole rings is 1. The number of carboxylic acid groups (broad SMARTS) is 2. The first kappa shape index (κ1) is 77.1. The number of likely N-dealkylation sites (N-methyl/N-ethyl adjacent to an activating group) is 2. The number of quaternary nitrogens is 1. The predicted octanol–water partition coefficient (Wildman–Crippen LogP) is 4.20. The normalized spacial score (nSPS) is 22.6. The number of rotatable bonds is 33. The molecule has 1 aromatic heterocycles. The number of anilines is 1. The van der Waals surface area contributed by atoms with Gasteiger partial charge >= 0.3 is 18.0 Å². The molecule has 28 nitrogen and oxygen atoms in total. The van der Waals surface area contributed by atoms with Crippen molar-refractivity contribution in [2.45, 2.75) is 199 Å². The highest BCUT2D eigenvalue weighted by Gasteiger charge is 2.49. The summed E-state index contributed by atoms with van der Waals surface area (Å²) < 4.78 is 23.2. The van der Waals surface area contributed by atoms with Crippen LogP contribution in [0.1, 0.15) is 146 Å². The van der Waals surface area contributed by atoms with Gasteiger partial charge in [0.25, 0.3) is 23.6 Å². The van der Waals surface area contributed by atoms with Crippen molar-refractivity contribution in [1.29, 1.82) is 0 Å². The molecule has 2 unspecified atom stereocenters. The van der Waals surface area contributed by atoms with E-state index in [0.717, 1.165) is 24.1 Å². The molecule has 3 aromatic rings. The van der Waals surface area contributed by atoms with E-state index < -0.39 is 139 Å². The van der Waals surface area contributed by atoms with Crippen molar-refractivity contribution in [1.82, 2.24) is 36.1 Å². The molecular formula is C67H96N9O19S+. The standard InChI is InChI=1S/C67H95N9O19S/c1-12-29-92-49(61-72-44(36-96-61)58(83)70-42(30-39(6)63(87)88)31-40-19-15-14-16-20-40)33-45(37(3)4)74(10)62(86)53(38(5)13-2)73-60(85)47-21-17-18-28-76(47,11)35-41-22-23-48(93-65-56(82)54(80)55(81)57(94-65)64(89)90)43(32-41)71-50(77)26-27-68-59(84)46(75-51(78)24-25-52(75)79)34-69-66(91)95-67(7,8)9/h14-16,19-20,22-25,32,36-39,42,45-47,49,53-57,65,80-82H,12-13,17-18,21,26-31,33-35H2,1-11H3,(H6-,68,69,70,71,73,77,83,84,85,87,88,89,90,91)/p+1/t38-,39-,42+,45+,46?,47+,49+,53-,54-,55-,56+,57-,65+,76?/m0/s1. The summed E-state index contributed by atoms with van der Waals surface area (Å²) >= 11 is 1.25. The number of carboxylic acids is 2. The van der Waals surface area contributed by atoms with E-state index in [2.05, 4.69) is 26.6 Å². The number of ether oxygens (including phenoxy) is 4. The molecule has 2 fully saturated rings. The SMILES string of the molecule is CCCO[C@H](C[C@H](C(C)C)N(C)C(=O)[C@@H](NC(=O)[C@H]1CCCC[N+]1(C)Cc1ccc(O[C@@H]2O[C@H](C(=O)O)[C@@H](O)[C@H](O)[C@H]2O)c(NC(=O)CCNC(=O)C(CNC(=O)OC(C)(C)C)N2C(=O)C=CC2=O)c1)[C@@H](C)CC)c1nc(C(=O)N[C@@H](Cc2ccccc2)C[C@H](C)C(=O)O)cs1. The monoisotopic (exact) mass is 1360 g/mol. The van der Waals surface area contributed by atoms with Gasteiger partial charge in [-0.25, -0.2) is 14.6 Å². The molecular weight excluding hydrogens is 1270 g/mol. The van der Waals surface area contributed by atoms with Gasteiger partial charge in [0.05, 0.1) is 31.7 Å². The third-order valence-electron chi connectivity index (χ3n) is 17.4. The van der Waals surface area contributed by atoms with Crippen molar-refractivity contribution in [3.05, 3.63) is 87.9 Å². The first-order valence-electron chi connectivity index (χ1n) is 32.6. The minimum absolute atomic E-state index is 0.0591. The molecule has 14 atom stereocenters. The fourth-order valence-corrected chi connectivity index (χ4v) is 12.8. The molecule has 0 saturated carbocycles. The summed E-state index contributed by atoms with van der Waals surface area (Å²) in [5, 5.41) is 67.5. The molecule has 0 bridgehead atoms. The van der Waals surface area contributed by atoms with Crippen molar-refractivity contribution in [2.75, 3.05) is 45.7 Å². The molecule has 0 aliphatic carbocycles. The third-order valence-corrected chi connectivity index (χ3v) is 18.4. The Morgan fingerprint density at radius 3 is 2.19 bits per heavy atom. The average Bonchev–Trinajstić information content (AvgIpc) is 0.914. The van der Waals surface area contributed by atoms with Crippen LogP contribution in [0.5, 0.6) is 5.75 Å². The number of aliphatic hydroxyl groups excluding tert-OH is 3. The van der Waals surface area contributed by atoms with Crippen LogP contribution in [-0.2, 0) is 65.5 Å². The number of piperidine rings is 1. The number of likely N-dealkylation sites (tertiary alicyclic amines) is 1. The largest absolute Gasteiger partial charge is 0.481 e. The topological polar surface area (TPSA) is 388 Å². The zero-order chi connectivity index (χ0) is 70.9. The molecule has 96 heavy (non-hydrogen) atoms. The maximum atomic E-state index is 15.1. The summed E-state index contributed by atoms with van der Waals surface area (Å²) in [5.41, 5.74) is 0.656. The molecule has 528 valence electrons. The Hall–Kier alpha value is -7.93. The zero-order valence-corrected chi connectivity index (χ0v) is 57.3. The second-order valence-electron chi connectivity index (χ2n) is 26.6. The molecule has 0 spiro atoms. The van der Waals surface area contributed by atoms with Gasteiger partial charge in [0, 0.05) is 74.6 Å². The van der Waals surface area contributed by atoms with E-state index in [1.54, 1.807) is 51.1 Å². The molecule has 3 aliphatic heterocycles.